The number of halogens is 1. The molecule has 1 unspecified atom stereocenters. The summed E-state index contributed by atoms with van der Waals surface area (Å²) in [6.45, 7) is 4.16. The van der Waals surface area contributed by atoms with E-state index in [9.17, 15) is 0 Å². The Morgan fingerprint density at radius 2 is 1.54 bits per heavy atom. The number of nitrogens with zero attached hydrogens (tertiary/aromatic N) is 1. The molecule has 1 saturated heterocycles. The first-order valence-corrected chi connectivity index (χ1v) is 8.88. The fraction of sp³-hybridized carbons (Fsp3) is 0.238. The molecule has 1 aliphatic rings. The van der Waals surface area contributed by atoms with Gasteiger partial charge < -0.3 is 5.32 Å². The summed E-state index contributed by atoms with van der Waals surface area (Å²) in [4.78, 5) is 2.55. The van der Waals surface area contributed by atoms with Crippen molar-refractivity contribution in [1.82, 2.24) is 10.2 Å². The van der Waals surface area contributed by atoms with E-state index in [1.54, 1.807) is 0 Å². The third-order valence-corrected chi connectivity index (χ3v) is 5.01. The van der Waals surface area contributed by atoms with E-state index >= 15 is 0 Å². The molecule has 0 saturated carbocycles. The highest BCUT2D eigenvalue weighted by Crippen LogP contribution is 2.32. The summed E-state index contributed by atoms with van der Waals surface area (Å²) < 4.78 is 0. The fourth-order valence-corrected chi connectivity index (χ4v) is 3.81. The van der Waals surface area contributed by atoms with Crippen LogP contribution in [0.1, 0.15) is 17.2 Å². The normalized spacial score (nSPS) is 17.0. The fourth-order valence-electron chi connectivity index (χ4n) is 3.61. The van der Waals surface area contributed by atoms with Crippen molar-refractivity contribution in [3.8, 4) is 0 Å². The third-order valence-electron chi connectivity index (χ3n) is 4.77. The van der Waals surface area contributed by atoms with Crippen LogP contribution in [0.4, 0.5) is 0 Å². The molecule has 1 fully saturated rings. The van der Waals surface area contributed by atoms with E-state index in [-0.39, 0.29) is 6.04 Å². The van der Waals surface area contributed by atoms with Crippen LogP contribution in [0.25, 0.3) is 10.8 Å². The van der Waals surface area contributed by atoms with Crippen molar-refractivity contribution >= 4 is 22.4 Å². The van der Waals surface area contributed by atoms with E-state index in [1.807, 2.05) is 12.1 Å². The van der Waals surface area contributed by atoms with Gasteiger partial charge in [0.05, 0.1) is 6.04 Å². The second-order valence-electron chi connectivity index (χ2n) is 6.35. The van der Waals surface area contributed by atoms with Crippen molar-refractivity contribution in [2.24, 2.45) is 0 Å². The molecule has 0 aliphatic carbocycles. The second-order valence-corrected chi connectivity index (χ2v) is 6.79. The van der Waals surface area contributed by atoms with E-state index < -0.39 is 0 Å². The van der Waals surface area contributed by atoms with Gasteiger partial charge in [-0.15, -0.1) is 0 Å². The molecule has 3 aromatic rings. The summed E-state index contributed by atoms with van der Waals surface area (Å²) in [6, 6.07) is 23.9. The van der Waals surface area contributed by atoms with Gasteiger partial charge in [-0.1, -0.05) is 60.1 Å². The zero-order valence-electron chi connectivity index (χ0n) is 13.6. The molecule has 0 bridgehead atoms. The number of benzene rings is 3. The first-order chi connectivity index (χ1) is 11.8. The zero-order chi connectivity index (χ0) is 16.4. The topological polar surface area (TPSA) is 15.3 Å². The van der Waals surface area contributed by atoms with Crippen LogP contribution < -0.4 is 5.32 Å². The van der Waals surface area contributed by atoms with E-state index in [4.69, 9.17) is 11.6 Å². The van der Waals surface area contributed by atoms with Crippen LogP contribution in [-0.2, 0) is 0 Å². The summed E-state index contributed by atoms with van der Waals surface area (Å²) in [5.74, 6) is 0. The lowest BCUT2D eigenvalue weighted by molar-refractivity contribution is 0.198. The molecule has 122 valence electrons. The zero-order valence-corrected chi connectivity index (χ0v) is 14.3. The average Bonchev–Trinajstić information content (AvgIpc) is 2.63. The van der Waals surface area contributed by atoms with Crippen LogP contribution >= 0.6 is 11.6 Å². The third kappa shape index (κ3) is 3.18. The molecule has 2 nitrogen and oxygen atoms in total. The molecular formula is C21H21ClN2. The second kappa shape index (κ2) is 6.94. The van der Waals surface area contributed by atoms with E-state index in [0.29, 0.717) is 0 Å². The number of hydrogen-bond donors (Lipinski definition) is 1. The first-order valence-electron chi connectivity index (χ1n) is 8.50. The quantitative estimate of drug-likeness (QED) is 0.758. The molecule has 1 heterocycles. The van der Waals surface area contributed by atoms with Crippen molar-refractivity contribution in [2.75, 3.05) is 26.2 Å². The van der Waals surface area contributed by atoms with Crippen molar-refractivity contribution < 1.29 is 0 Å². The lowest BCUT2D eigenvalue weighted by atomic mass is 9.94. The smallest absolute Gasteiger partial charge is 0.0603 e. The standard InChI is InChI=1S/C21H21ClN2/c22-20-7-3-6-18(15-20)21(24-12-10-23-11-13-24)19-9-8-16-4-1-2-5-17(16)14-19/h1-9,14-15,21,23H,10-13H2. The van der Waals surface area contributed by atoms with Gasteiger partial charge in [-0.3, -0.25) is 4.90 Å². The van der Waals surface area contributed by atoms with Gasteiger partial charge in [0.25, 0.3) is 0 Å². The van der Waals surface area contributed by atoms with Crippen LogP contribution in [0.5, 0.6) is 0 Å². The molecule has 3 aromatic carbocycles. The van der Waals surface area contributed by atoms with Crippen molar-refractivity contribution in [3.63, 3.8) is 0 Å². The van der Waals surface area contributed by atoms with Crippen LogP contribution in [0.2, 0.25) is 5.02 Å². The maximum absolute atomic E-state index is 6.28. The lowest BCUT2D eigenvalue weighted by Gasteiger charge is -2.35. The molecule has 1 atom stereocenters. The predicted molar refractivity (Wildman–Crippen MR) is 102 cm³/mol. The number of nitrogens with one attached hydrogen (secondary N) is 1. The predicted octanol–water partition coefficient (Wildman–Crippen LogP) is 4.49. The Bertz CT molecular complexity index is 840. The Labute approximate surface area is 148 Å². The van der Waals surface area contributed by atoms with E-state index in [2.05, 4.69) is 64.8 Å². The minimum atomic E-state index is 0.246. The summed E-state index contributed by atoms with van der Waals surface area (Å²) in [7, 11) is 0. The summed E-state index contributed by atoms with van der Waals surface area (Å²) >= 11 is 6.28. The maximum atomic E-state index is 6.28. The molecule has 0 radical (unpaired) electrons. The number of hydrogen-bond acceptors (Lipinski definition) is 2. The molecular weight excluding hydrogens is 316 g/mol. The SMILES string of the molecule is Clc1cccc(C(c2ccc3ccccc3c2)N2CCNCC2)c1. The van der Waals surface area contributed by atoms with E-state index in [1.165, 1.54) is 21.9 Å². The van der Waals surface area contributed by atoms with Crippen molar-refractivity contribution in [2.45, 2.75) is 6.04 Å². The summed E-state index contributed by atoms with van der Waals surface area (Å²) in [5.41, 5.74) is 2.59. The maximum Gasteiger partial charge on any atom is 0.0603 e. The Morgan fingerprint density at radius 1 is 0.792 bits per heavy atom. The van der Waals surface area contributed by atoms with Gasteiger partial charge in [0, 0.05) is 31.2 Å². The van der Waals surface area contributed by atoms with Gasteiger partial charge >= 0.3 is 0 Å². The monoisotopic (exact) mass is 336 g/mol. The Balaban J connectivity index is 1.80. The van der Waals surface area contributed by atoms with E-state index in [0.717, 1.165) is 31.2 Å². The molecule has 0 amide bonds. The van der Waals surface area contributed by atoms with Crippen molar-refractivity contribution in [3.05, 3.63) is 82.9 Å². The molecule has 24 heavy (non-hydrogen) atoms. The van der Waals surface area contributed by atoms with Gasteiger partial charge in [-0.25, -0.2) is 0 Å². The molecule has 4 rings (SSSR count). The Hall–Kier alpha value is -1.87. The van der Waals surface area contributed by atoms with Gasteiger partial charge in [0.1, 0.15) is 0 Å². The Kier molecular flexibility index (Phi) is 4.52. The van der Waals surface area contributed by atoms with Crippen LogP contribution in [-0.4, -0.2) is 31.1 Å². The highest BCUT2D eigenvalue weighted by Gasteiger charge is 2.24. The number of piperazine rings is 1. The molecule has 0 aromatic heterocycles. The molecule has 3 heteroatoms. The van der Waals surface area contributed by atoms with Gasteiger partial charge in [-0.05, 0) is 40.1 Å². The van der Waals surface area contributed by atoms with Crippen LogP contribution in [0.15, 0.2) is 66.7 Å². The molecule has 1 N–H and O–H groups in total. The minimum Gasteiger partial charge on any atom is -0.314 e. The molecule has 1 aliphatic heterocycles. The first kappa shape index (κ1) is 15.6. The highest BCUT2D eigenvalue weighted by molar-refractivity contribution is 6.30. The van der Waals surface area contributed by atoms with Crippen LogP contribution in [0, 0.1) is 0 Å². The molecule has 0 spiro atoms. The number of fused-ring (bicyclic) bond motifs is 1. The van der Waals surface area contributed by atoms with Gasteiger partial charge in [0.2, 0.25) is 0 Å². The largest absolute Gasteiger partial charge is 0.314 e. The Morgan fingerprint density at radius 3 is 2.33 bits per heavy atom. The summed E-state index contributed by atoms with van der Waals surface area (Å²) in [5, 5.41) is 6.82. The van der Waals surface area contributed by atoms with Gasteiger partial charge in [0.15, 0.2) is 0 Å². The van der Waals surface area contributed by atoms with Crippen LogP contribution in [0.3, 0.4) is 0 Å². The average molecular weight is 337 g/mol. The van der Waals surface area contributed by atoms with Gasteiger partial charge in [-0.2, -0.15) is 0 Å². The lowest BCUT2D eigenvalue weighted by Crippen LogP contribution is -2.45. The summed E-state index contributed by atoms with van der Waals surface area (Å²) in [6.07, 6.45) is 0. The van der Waals surface area contributed by atoms with Crippen molar-refractivity contribution in [1.29, 1.82) is 0 Å². The highest BCUT2D eigenvalue weighted by atomic mass is 35.5. The minimum absolute atomic E-state index is 0.246. The number of rotatable bonds is 3.